The summed E-state index contributed by atoms with van der Waals surface area (Å²) in [5, 5.41) is 12.4. The van der Waals surface area contributed by atoms with Gasteiger partial charge < -0.3 is 0 Å². The number of benzene rings is 1. The minimum atomic E-state index is -0.366. The largest absolute Gasteiger partial charge is 0.290 e. The lowest BCUT2D eigenvalue weighted by molar-refractivity contribution is -0.118. The van der Waals surface area contributed by atoms with Gasteiger partial charge in [-0.15, -0.1) is 0 Å². The topological polar surface area (TPSA) is 66.1 Å². The van der Waals surface area contributed by atoms with Crippen LogP contribution in [-0.2, 0) is 16.3 Å². The van der Waals surface area contributed by atoms with Crippen LogP contribution in [0.4, 0.5) is 4.79 Å². The average molecular weight is 222 g/mol. The fourth-order valence-corrected chi connectivity index (χ4v) is 2.23. The van der Waals surface area contributed by atoms with Crippen molar-refractivity contribution in [2.45, 2.75) is 11.7 Å². The van der Waals surface area contributed by atoms with Crippen molar-refractivity contribution in [3.8, 4) is 5.75 Å². The number of hydrogen-bond acceptors (Lipinski definition) is 3. The number of carbonyl (C=O) groups is 2. The van der Waals surface area contributed by atoms with E-state index in [1.807, 2.05) is 0 Å². The van der Waals surface area contributed by atoms with Crippen molar-refractivity contribution < 1.29 is 14.7 Å². The van der Waals surface area contributed by atoms with Crippen LogP contribution in [0.3, 0.4) is 0 Å². The van der Waals surface area contributed by atoms with Crippen LogP contribution in [0.25, 0.3) is 0 Å². The van der Waals surface area contributed by atoms with Gasteiger partial charge in [-0.1, -0.05) is 23.9 Å². The van der Waals surface area contributed by atoms with Gasteiger partial charge in [0.1, 0.15) is 0 Å². The van der Waals surface area contributed by atoms with E-state index in [0.717, 1.165) is 17.3 Å². The van der Waals surface area contributed by atoms with E-state index in [0.29, 0.717) is 6.42 Å². The summed E-state index contributed by atoms with van der Waals surface area (Å²) in [5.74, 6) is -0.311. The molecule has 1 atom stereocenters. The minimum Gasteiger partial charge on any atom is -0.290 e. The monoisotopic (exact) mass is 222 g/mol. The van der Waals surface area contributed by atoms with Crippen LogP contribution in [0.5, 0.6) is 5.75 Å². The van der Waals surface area contributed by atoms with Crippen LogP contribution in [0, 0.1) is 0 Å². The third-order valence-electron chi connectivity index (χ3n) is 2.11. The first kappa shape index (κ1) is 10.0. The number of rotatable bonds is 2. The fourth-order valence-electron chi connectivity index (χ4n) is 1.37. The average Bonchev–Trinajstić information content (AvgIpc) is 2.49. The molecule has 0 bridgehead atoms. The van der Waals surface area contributed by atoms with Crippen molar-refractivity contribution in [1.29, 1.82) is 0 Å². The number of amides is 2. The number of nitrogens with one attached hydrogen (secondary N) is 1. The van der Waals surface area contributed by atoms with Crippen molar-refractivity contribution in [1.82, 2.24) is 5.32 Å². The smallest absolute Gasteiger partial charge is 0.286 e. The molecule has 0 saturated carbocycles. The first-order valence-electron chi connectivity index (χ1n) is 4.42. The Labute approximate surface area is 90.7 Å². The molecule has 1 aliphatic rings. The lowest BCUT2D eigenvalue weighted by Crippen LogP contribution is -2.25. The second kappa shape index (κ2) is 3.94. The van der Waals surface area contributed by atoms with Crippen LogP contribution >= 0.6 is 11.8 Å². The number of carbonyl (C=O) groups excluding carboxylic acids is 2. The highest BCUT2D eigenvalue weighted by Crippen LogP contribution is 2.23. The van der Waals surface area contributed by atoms with Crippen LogP contribution in [0.2, 0.25) is 0 Å². The Morgan fingerprint density at radius 1 is 1.20 bits per heavy atom. The summed E-state index contributed by atoms with van der Waals surface area (Å²) < 4.78 is 0. The van der Waals surface area contributed by atoms with Gasteiger partial charge in [0.05, 0.1) is 5.25 Å². The summed E-state index contributed by atoms with van der Waals surface area (Å²) in [6, 6.07) is 6.27. The van der Waals surface area contributed by atoms with Gasteiger partial charge in [-0.2, -0.15) is 0 Å². The number of imide groups is 1. The molecule has 1 saturated heterocycles. The quantitative estimate of drug-likeness (QED) is 0.828. The van der Waals surface area contributed by atoms with E-state index in [1.54, 1.807) is 12.1 Å². The second-order valence-corrected chi connectivity index (χ2v) is 4.41. The Morgan fingerprint density at radius 3 is 2.40 bits per heavy atom. The Bertz CT molecular complexity index is 402. The van der Waals surface area contributed by atoms with E-state index in [9.17, 15) is 14.7 Å². The maximum Gasteiger partial charge on any atom is 0.286 e. The molecule has 0 aromatic heterocycles. The molecule has 1 fully saturated rings. The fraction of sp³-hybridized carbons (Fsp3) is 0.200. The van der Waals surface area contributed by atoms with Crippen LogP contribution in [-0.4, -0.2) is 16.4 Å². The maximum absolute atomic E-state index is 11.2. The second-order valence-electron chi connectivity index (χ2n) is 3.23. The summed E-state index contributed by atoms with van der Waals surface area (Å²) in [6.45, 7) is 0. The molecule has 1 aromatic rings. The molecule has 0 aliphatic carbocycles. The highest BCUT2D eigenvalue weighted by molar-refractivity contribution is 8.15. The van der Waals surface area contributed by atoms with Crippen molar-refractivity contribution >= 4 is 22.9 Å². The molecule has 1 N–H and O–H groups in total. The van der Waals surface area contributed by atoms with Gasteiger partial charge in [0.25, 0.3) is 5.24 Å². The van der Waals surface area contributed by atoms with Gasteiger partial charge in [-0.3, -0.25) is 20.0 Å². The van der Waals surface area contributed by atoms with E-state index >= 15 is 0 Å². The summed E-state index contributed by atoms with van der Waals surface area (Å²) in [5.41, 5.74) is 0.886. The Hall–Kier alpha value is -1.49. The summed E-state index contributed by atoms with van der Waals surface area (Å²) in [4.78, 5) is 22.1. The van der Waals surface area contributed by atoms with Gasteiger partial charge in [-0.25, -0.2) is 0 Å². The molecular formula is C10H8NO3S. The predicted molar refractivity (Wildman–Crippen MR) is 55.2 cm³/mol. The molecule has 1 unspecified atom stereocenters. The van der Waals surface area contributed by atoms with E-state index in [2.05, 4.69) is 5.32 Å². The maximum atomic E-state index is 11.2. The highest BCUT2D eigenvalue weighted by Gasteiger charge is 2.31. The van der Waals surface area contributed by atoms with Gasteiger partial charge in [0.2, 0.25) is 5.91 Å². The van der Waals surface area contributed by atoms with Crippen molar-refractivity contribution in [2.75, 3.05) is 0 Å². The molecule has 15 heavy (non-hydrogen) atoms. The van der Waals surface area contributed by atoms with Gasteiger partial charge in [0, 0.05) is 0 Å². The molecule has 1 aliphatic heterocycles. The highest BCUT2D eigenvalue weighted by atomic mass is 32.2. The summed E-state index contributed by atoms with van der Waals surface area (Å²) in [6.07, 6.45) is 0.475. The van der Waals surface area contributed by atoms with E-state index in [1.165, 1.54) is 12.1 Å². The zero-order chi connectivity index (χ0) is 10.8. The van der Waals surface area contributed by atoms with Gasteiger partial charge >= 0.3 is 0 Å². The standard InChI is InChI=1S/C10H8NO3S/c12-7-3-1-6(2-4-7)5-8-9(13)11-10(14)15-8/h1-4,8H,5H2,(H,11,13,14). The minimum absolute atomic E-state index is 0.0571. The third kappa shape index (κ3) is 2.30. The van der Waals surface area contributed by atoms with Crippen molar-refractivity contribution in [3.63, 3.8) is 0 Å². The number of hydrogen-bond donors (Lipinski definition) is 1. The van der Waals surface area contributed by atoms with Gasteiger partial charge in [0.15, 0.2) is 5.75 Å². The zero-order valence-electron chi connectivity index (χ0n) is 7.73. The lowest BCUT2D eigenvalue weighted by Gasteiger charge is -2.04. The lowest BCUT2D eigenvalue weighted by atomic mass is 10.1. The van der Waals surface area contributed by atoms with E-state index in [-0.39, 0.29) is 22.1 Å². The molecule has 0 spiro atoms. The van der Waals surface area contributed by atoms with Crippen molar-refractivity contribution in [3.05, 3.63) is 29.8 Å². The Morgan fingerprint density at radius 2 is 1.87 bits per heavy atom. The molecule has 5 heteroatoms. The number of thioether (sulfide) groups is 1. The van der Waals surface area contributed by atoms with Crippen LogP contribution in [0.15, 0.2) is 24.3 Å². The molecule has 1 aromatic carbocycles. The van der Waals surface area contributed by atoms with Crippen LogP contribution in [0.1, 0.15) is 5.56 Å². The predicted octanol–water partition coefficient (Wildman–Crippen LogP) is 1.72. The van der Waals surface area contributed by atoms with Crippen molar-refractivity contribution in [2.24, 2.45) is 0 Å². The molecule has 77 valence electrons. The zero-order valence-corrected chi connectivity index (χ0v) is 8.54. The summed E-state index contributed by atoms with van der Waals surface area (Å²) in [7, 11) is 0. The molecule has 4 nitrogen and oxygen atoms in total. The van der Waals surface area contributed by atoms with Crippen LogP contribution < -0.4 is 5.32 Å². The molecule has 1 radical (unpaired) electrons. The first-order valence-corrected chi connectivity index (χ1v) is 5.30. The Kier molecular flexibility index (Phi) is 2.64. The van der Waals surface area contributed by atoms with E-state index < -0.39 is 0 Å². The molecule has 2 amide bonds. The van der Waals surface area contributed by atoms with E-state index in [4.69, 9.17) is 0 Å². The van der Waals surface area contributed by atoms with Gasteiger partial charge in [-0.05, 0) is 24.1 Å². The SMILES string of the molecule is [O]c1ccc(CC2SC(=O)NC2=O)cc1. The third-order valence-corrected chi connectivity index (χ3v) is 3.09. The molecular weight excluding hydrogens is 214 g/mol. The molecule has 2 rings (SSSR count). The molecule has 1 heterocycles. The first-order chi connectivity index (χ1) is 7.15. The summed E-state index contributed by atoms with van der Waals surface area (Å²) >= 11 is 0.995. The normalized spacial score (nSPS) is 20.4. The Balaban J connectivity index is 2.06.